The Morgan fingerprint density at radius 1 is 0.833 bits per heavy atom. The molecular weight excluding hydrogens is 400 g/mol. The van der Waals surface area contributed by atoms with Gasteiger partial charge in [-0.05, 0) is 0 Å². The maximum atomic E-state index is 11.5. The summed E-state index contributed by atoms with van der Waals surface area (Å²) in [5.41, 5.74) is 17.8. The maximum absolute atomic E-state index is 11.5. The van der Waals surface area contributed by atoms with Gasteiger partial charge in [-0.3, -0.25) is 14.6 Å². The number of hydrogen-bond acceptors (Lipinski definition) is 4. The van der Waals surface area contributed by atoms with Gasteiger partial charge in [-0.25, -0.2) is 0 Å². The monoisotopic (exact) mass is 424 g/mol. The van der Waals surface area contributed by atoms with Crippen molar-refractivity contribution in [2.75, 3.05) is 0 Å². The molecule has 0 bridgehead atoms. The first-order chi connectivity index (χ1) is 13.9. The van der Waals surface area contributed by atoms with E-state index >= 15 is 0 Å². The quantitative estimate of drug-likeness (QED) is 0.462. The van der Waals surface area contributed by atoms with Crippen molar-refractivity contribution in [2.45, 2.75) is 24.9 Å². The Kier molecular flexibility index (Phi) is 12.7. The van der Waals surface area contributed by atoms with E-state index in [-0.39, 0.29) is 25.2 Å². The van der Waals surface area contributed by atoms with E-state index in [1.807, 2.05) is 60.7 Å². The third-order valence-corrected chi connectivity index (χ3v) is 3.72. The van der Waals surface area contributed by atoms with E-state index in [1.165, 1.54) is 0 Å². The van der Waals surface area contributed by atoms with E-state index in [9.17, 15) is 9.59 Å². The van der Waals surface area contributed by atoms with Crippen LogP contribution in [0, 0.1) is 24.7 Å². The van der Waals surface area contributed by atoms with Gasteiger partial charge in [-0.2, -0.15) is 0 Å². The minimum Gasteiger partial charge on any atom is -0.368 e. The topological polar surface area (TPSA) is 125 Å². The summed E-state index contributed by atoms with van der Waals surface area (Å²) in [4.78, 5) is 26.1. The average Bonchev–Trinajstić information content (AvgIpc) is 2.73. The molecule has 30 heavy (non-hydrogen) atoms. The Bertz CT molecular complexity index is 874. The van der Waals surface area contributed by atoms with Gasteiger partial charge in [-0.15, -0.1) is 37.1 Å². The molecule has 0 aliphatic carbocycles. The minimum absolute atomic E-state index is 0. The van der Waals surface area contributed by atoms with Crippen LogP contribution < -0.4 is 17.2 Å². The van der Waals surface area contributed by atoms with Gasteiger partial charge in [-0.1, -0.05) is 60.7 Å². The van der Waals surface area contributed by atoms with E-state index < -0.39 is 23.9 Å². The summed E-state index contributed by atoms with van der Waals surface area (Å²) >= 11 is 0. The number of rotatable bonds is 7. The molecule has 156 valence electrons. The fourth-order valence-corrected chi connectivity index (χ4v) is 2.21. The average molecular weight is 425 g/mol. The molecule has 2 aromatic carbocycles. The van der Waals surface area contributed by atoms with E-state index in [0.717, 1.165) is 16.8 Å². The van der Waals surface area contributed by atoms with Gasteiger partial charge in [0.25, 0.3) is 0 Å². The number of primary amides is 2. The van der Waals surface area contributed by atoms with Crippen LogP contribution in [0.2, 0.25) is 0 Å². The summed E-state index contributed by atoms with van der Waals surface area (Å²) in [5.74, 6) is 3.60. The number of carbonyl (C=O) groups excluding carboxylic acids is 2. The highest BCUT2D eigenvalue weighted by Gasteiger charge is 2.15. The normalized spacial score (nSPS) is 11.0. The predicted molar refractivity (Wildman–Crippen MR) is 123 cm³/mol. The van der Waals surface area contributed by atoms with Gasteiger partial charge in [0.15, 0.2) is 0 Å². The fraction of sp³-hybridized carbons (Fsp3) is 0.174. The molecule has 2 atom stereocenters. The van der Waals surface area contributed by atoms with E-state index in [0.29, 0.717) is 0 Å². The second kappa shape index (κ2) is 14.4. The van der Waals surface area contributed by atoms with Crippen molar-refractivity contribution >= 4 is 29.9 Å². The Labute approximate surface area is 183 Å². The van der Waals surface area contributed by atoms with Crippen molar-refractivity contribution in [3.8, 4) is 24.7 Å². The Morgan fingerprint density at radius 3 is 1.57 bits per heavy atom. The molecule has 7 heteroatoms. The molecule has 2 amide bonds. The molecule has 0 aliphatic rings. The number of carbonyl (C=O) groups is 2. The summed E-state index contributed by atoms with van der Waals surface area (Å²) < 4.78 is 0. The molecule has 2 aromatic rings. The van der Waals surface area contributed by atoms with Gasteiger partial charge in [0.05, 0.1) is 11.8 Å². The zero-order valence-corrected chi connectivity index (χ0v) is 17.2. The first-order valence-corrected chi connectivity index (χ1v) is 8.80. The molecule has 0 saturated carbocycles. The first kappa shape index (κ1) is 26.4. The molecule has 0 radical (unpaired) electrons. The molecular formula is C23H25ClN4O2. The first-order valence-electron chi connectivity index (χ1n) is 8.80. The smallest absolute Gasteiger partial charge is 0.243 e. The predicted octanol–water partition coefficient (Wildman–Crippen LogP) is 1.65. The summed E-state index contributed by atoms with van der Waals surface area (Å²) in [6.07, 6.45) is 10.5. The summed E-state index contributed by atoms with van der Waals surface area (Å²) in [7, 11) is 0. The molecule has 6 nitrogen and oxygen atoms in total. The van der Waals surface area contributed by atoms with Crippen LogP contribution in [-0.2, 0) is 9.59 Å². The maximum Gasteiger partial charge on any atom is 0.243 e. The van der Waals surface area contributed by atoms with Crippen molar-refractivity contribution in [3.05, 3.63) is 71.8 Å². The highest BCUT2D eigenvalue weighted by molar-refractivity contribution is 6.13. The number of terminal acetylenes is 2. The lowest BCUT2D eigenvalue weighted by Gasteiger charge is -2.11. The molecule has 0 fully saturated rings. The second-order valence-corrected chi connectivity index (χ2v) is 5.95. The van der Waals surface area contributed by atoms with Crippen LogP contribution in [0.25, 0.3) is 0 Å². The number of hydrogen-bond donors (Lipinski definition) is 3. The lowest BCUT2D eigenvalue weighted by atomic mass is 10.0. The third kappa shape index (κ3) is 9.07. The van der Waals surface area contributed by atoms with Gasteiger partial charge in [0.2, 0.25) is 11.8 Å². The van der Waals surface area contributed by atoms with E-state index in [2.05, 4.69) is 16.8 Å². The van der Waals surface area contributed by atoms with Crippen LogP contribution in [0.15, 0.2) is 65.7 Å². The van der Waals surface area contributed by atoms with Crippen LogP contribution in [0.5, 0.6) is 0 Å². The Hall–Kier alpha value is -3.58. The standard InChI is InChI=1S/C18H16N2O.C5H8N2O.ClH/c1-2-9-16(18(19)21)20-17(14-10-5-3-6-11-14)15-12-7-4-8-13-15;1-2-3-4(6)5(7)8;/h1,3-8,10-13,16H,9H2,(H2,19,21);1,4H,3,6H2,(H2,7,8);1H. The lowest BCUT2D eigenvalue weighted by Crippen LogP contribution is -2.35. The van der Waals surface area contributed by atoms with E-state index in [4.69, 9.17) is 30.0 Å². The number of aliphatic imine (C=N–C) groups is 1. The minimum atomic E-state index is -0.717. The van der Waals surface area contributed by atoms with Crippen molar-refractivity contribution in [1.29, 1.82) is 0 Å². The Balaban J connectivity index is 0.000000801. The zero-order valence-electron chi connectivity index (χ0n) is 16.4. The number of nitrogens with zero attached hydrogens (tertiary/aromatic N) is 1. The second-order valence-electron chi connectivity index (χ2n) is 5.95. The van der Waals surface area contributed by atoms with E-state index in [1.54, 1.807) is 0 Å². The lowest BCUT2D eigenvalue weighted by molar-refractivity contribution is -0.119. The number of amides is 2. The van der Waals surface area contributed by atoms with Crippen LogP contribution in [0.1, 0.15) is 24.0 Å². The molecule has 2 rings (SSSR count). The van der Waals surface area contributed by atoms with Crippen LogP contribution in [0.4, 0.5) is 0 Å². The van der Waals surface area contributed by atoms with Gasteiger partial charge < -0.3 is 17.2 Å². The zero-order chi connectivity index (χ0) is 21.6. The van der Waals surface area contributed by atoms with Crippen LogP contribution >= 0.6 is 12.4 Å². The number of nitrogens with two attached hydrogens (primary N) is 3. The fourth-order valence-electron chi connectivity index (χ4n) is 2.21. The largest absolute Gasteiger partial charge is 0.368 e. The van der Waals surface area contributed by atoms with Gasteiger partial charge in [0.1, 0.15) is 6.04 Å². The van der Waals surface area contributed by atoms with Crippen molar-refractivity contribution in [1.82, 2.24) is 0 Å². The molecule has 0 heterocycles. The highest BCUT2D eigenvalue weighted by atomic mass is 35.5. The molecule has 0 saturated heterocycles. The molecule has 6 N–H and O–H groups in total. The van der Waals surface area contributed by atoms with Crippen molar-refractivity contribution < 1.29 is 9.59 Å². The third-order valence-electron chi connectivity index (χ3n) is 3.72. The van der Waals surface area contributed by atoms with Crippen molar-refractivity contribution in [2.24, 2.45) is 22.2 Å². The summed E-state index contributed by atoms with van der Waals surface area (Å²) in [5, 5.41) is 0. The van der Waals surface area contributed by atoms with Crippen molar-refractivity contribution in [3.63, 3.8) is 0 Å². The SMILES string of the molecule is C#CCC(N)C(N)=O.C#CCC(N=C(c1ccccc1)c1ccccc1)C(N)=O.Cl. The van der Waals surface area contributed by atoms with Gasteiger partial charge >= 0.3 is 0 Å². The molecule has 2 unspecified atom stereocenters. The Morgan fingerprint density at radius 2 is 1.27 bits per heavy atom. The summed E-state index contributed by atoms with van der Waals surface area (Å²) in [6.45, 7) is 0. The molecule has 0 aliphatic heterocycles. The highest BCUT2D eigenvalue weighted by Crippen LogP contribution is 2.13. The van der Waals surface area contributed by atoms with Crippen LogP contribution in [0.3, 0.4) is 0 Å². The number of benzene rings is 2. The molecule has 0 spiro atoms. The molecule has 0 aromatic heterocycles. The number of halogens is 1. The summed E-state index contributed by atoms with van der Waals surface area (Å²) in [6, 6.07) is 17.9. The van der Waals surface area contributed by atoms with Crippen LogP contribution in [-0.4, -0.2) is 29.6 Å². The van der Waals surface area contributed by atoms with Gasteiger partial charge in [0, 0.05) is 24.0 Å².